The first-order chi connectivity index (χ1) is 8.60. The Bertz CT molecular complexity index is 290. The second-order valence-electron chi connectivity index (χ2n) is 4.80. The highest BCUT2D eigenvalue weighted by atomic mass is 35.5. The van der Waals surface area contributed by atoms with Gasteiger partial charge < -0.3 is 15.1 Å². The number of amides is 2. The van der Waals surface area contributed by atoms with Crippen molar-refractivity contribution in [2.24, 2.45) is 5.92 Å². The van der Waals surface area contributed by atoms with Gasteiger partial charge in [0, 0.05) is 26.7 Å². The van der Waals surface area contributed by atoms with E-state index in [1.54, 1.807) is 16.8 Å². The molecule has 1 atom stereocenters. The number of nitrogens with zero attached hydrogens (tertiary/aromatic N) is 2. The van der Waals surface area contributed by atoms with Crippen LogP contribution in [0, 0.1) is 5.92 Å². The van der Waals surface area contributed by atoms with E-state index in [-0.39, 0.29) is 36.7 Å². The maximum atomic E-state index is 12.1. The van der Waals surface area contributed by atoms with E-state index in [2.05, 4.69) is 5.32 Å². The first kappa shape index (κ1) is 18.2. The molecule has 0 saturated carbocycles. The van der Waals surface area contributed by atoms with Gasteiger partial charge in [-0.1, -0.05) is 0 Å². The normalized spacial score (nSPS) is 18.4. The molecular weight excluding hydrogens is 266 g/mol. The first-order valence-electron chi connectivity index (χ1n) is 6.83. The number of likely N-dealkylation sites (N-methyl/N-ethyl adjacent to an activating group) is 2. The van der Waals surface area contributed by atoms with Gasteiger partial charge in [-0.15, -0.1) is 12.4 Å². The fourth-order valence-corrected chi connectivity index (χ4v) is 2.33. The quantitative estimate of drug-likeness (QED) is 0.813. The second kappa shape index (κ2) is 9.15. The molecular formula is C13H26ClN3O2. The van der Waals surface area contributed by atoms with Crippen molar-refractivity contribution in [1.29, 1.82) is 0 Å². The summed E-state index contributed by atoms with van der Waals surface area (Å²) in [6.45, 7) is 7.22. The summed E-state index contributed by atoms with van der Waals surface area (Å²) in [5.74, 6) is 0.149. The molecule has 0 aromatic rings. The summed E-state index contributed by atoms with van der Waals surface area (Å²) in [4.78, 5) is 27.4. The number of carbonyl (C=O) groups is 2. The zero-order valence-corrected chi connectivity index (χ0v) is 13.0. The van der Waals surface area contributed by atoms with Crippen LogP contribution >= 0.6 is 12.4 Å². The molecule has 0 aliphatic carbocycles. The summed E-state index contributed by atoms with van der Waals surface area (Å²) >= 11 is 0. The summed E-state index contributed by atoms with van der Waals surface area (Å²) in [5, 5.41) is 3.23. The lowest BCUT2D eigenvalue weighted by Crippen LogP contribution is -2.46. The van der Waals surface area contributed by atoms with Crippen LogP contribution in [0.25, 0.3) is 0 Å². The molecule has 112 valence electrons. The van der Waals surface area contributed by atoms with Crippen molar-refractivity contribution in [1.82, 2.24) is 15.1 Å². The topological polar surface area (TPSA) is 52.7 Å². The van der Waals surface area contributed by atoms with Gasteiger partial charge in [-0.25, -0.2) is 0 Å². The van der Waals surface area contributed by atoms with Crippen molar-refractivity contribution < 1.29 is 9.59 Å². The minimum absolute atomic E-state index is 0. The molecule has 0 radical (unpaired) electrons. The number of piperidine rings is 1. The minimum atomic E-state index is 0. The van der Waals surface area contributed by atoms with E-state index in [1.165, 1.54) is 0 Å². The summed E-state index contributed by atoms with van der Waals surface area (Å²) in [7, 11) is 1.72. The number of halogens is 1. The Hall–Kier alpha value is -0.810. The lowest BCUT2D eigenvalue weighted by molar-refractivity contribution is -0.141. The van der Waals surface area contributed by atoms with E-state index in [0.717, 1.165) is 25.9 Å². The van der Waals surface area contributed by atoms with Gasteiger partial charge in [-0.05, 0) is 33.2 Å². The Balaban J connectivity index is 0.00000324. The fourth-order valence-electron chi connectivity index (χ4n) is 2.33. The molecule has 1 fully saturated rings. The van der Waals surface area contributed by atoms with E-state index < -0.39 is 0 Å². The van der Waals surface area contributed by atoms with E-state index in [9.17, 15) is 9.59 Å². The average molecular weight is 292 g/mol. The lowest BCUT2D eigenvalue weighted by atomic mass is 9.98. The van der Waals surface area contributed by atoms with Crippen molar-refractivity contribution >= 4 is 24.2 Å². The van der Waals surface area contributed by atoms with Gasteiger partial charge in [0.15, 0.2) is 0 Å². The number of hydrogen-bond donors (Lipinski definition) is 1. The molecule has 6 heteroatoms. The van der Waals surface area contributed by atoms with Crippen molar-refractivity contribution in [3.63, 3.8) is 0 Å². The lowest BCUT2D eigenvalue weighted by Gasteiger charge is -2.28. The van der Waals surface area contributed by atoms with Crippen LogP contribution < -0.4 is 5.32 Å². The summed E-state index contributed by atoms with van der Waals surface area (Å²) in [6, 6.07) is 0. The van der Waals surface area contributed by atoms with Gasteiger partial charge in [0.25, 0.3) is 0 Å². The summed E-state index contributed by atoms with van der Waals surface area (Å²) in [5.41, 5.74) is 0. The number of rotatable bonds is 5. The molecule has 1 heterocycles. The van der Waals surface area contributed by atoms with Gasteiger partial charge in [0.2, 0.25) is 11.8 Å². The second-order valence-corrected chi connectivity index (χ2v) is 4.80. The van der Waals surface area contributed by atoms with Crippen LogP contribution in [0.1, 0.15) is 26.7 Å². The molecule has 1 aliphatic heterocycles. The molecule has 5 nitrogen and oxygen atoms in total. The molecule has 2 amide bonds. The SMILES string of the molecule is CCN(CC)C(=O)CN(C)C(=O)C1CCCNC1.Cl. The number of hydrogen-bond acceptors (Lipinski definition) is 3. The molecule has 1 unspecified atom stereocenters. The third-order valence-corrected chi connectivity index (χ3v) is 3.51. The van der Waals surface area contributed by atoms with Gasteiger partial charge in [-0.2, -0.15) is 0 Å². The van der Waals surface area contributed by atoms with Crippen molar-refractivity contribution in [3.05, 3.63) is 0 Å². The van der Waals surface area contributed by atoms with Crippen LogP contribution in [0.5, 0.6) is 0 Å². The van der Waals surface area contributed by atoms with E-state index in [1.807, 2.05) is 13.8 Å². The Kier molecular flexibility index (Phi) is 8.76. The van der Waals surface area contributed by atoms with Crippen LogP contribution in [0.15, 0.2) is 0 Å². The summed E-state index contributed by atoms with van der Waals surface area (Å²) in [6.07, 6.45) is 1.96. The van der Waals surface area contributed by atoms with Crippen molar-refractivity contribution in [2.45, 2.75) is 26.7 Å². The molecule has 0 bridgehead atoms. The van der Waals surface area contributed by atoms with E-state index in [4.69, 9.17) is 0 Å². The van der Waals surface area contributed by atoms with Crippen LogP contribution in [0.2, 0.25) is 0 Å². The average Bonchev–Trinajstić information content (AvgIpc) is 2.40. The molecule has 19 heavy (non-hydrogen) atoms. The molecule has 0 spiro atoms. The number of nitrogens with one attached hydrogen (secondary N) is 1. The van der Waals surface area contributed by atoms with Crippen LogP contribution in [-0.4, -0.2) is 61.4 Å². The number of carbonyl (C=O) groups excluding carboxylic acids is 2. The highest BCUT2D eigenvalue weighted by Crippen LogP contribution is 2.12. The van der Waals surface area contributed by atoms with Crippen molar-refractivity contribution in [2.75, 3.05) is 39.8 Å². The zero-order valence-electron chi connectivity index (χ0n) is 12.1. The standard InChI is InChI=1S/C13H25N3O2.ClH/c1-4-16(5-2)12(17)10-15(3)13(18)11-7-6-8-14-9-11;/h11,14H,4-10H2,1-3H3;1H. The molecule has 1 N–H and O–H groups in total. The smallest absolute Gasteiger partial charge is 0.242 e. The zero-order chi connectivity index (χ0) is 13.5. The van der Waals surface area contributed by atoms with Crippen molar-refractivity contribution in [3.8, 4) is 0 Å². The predicted octanol–water partition coefficient (Wildman–Crippen LogP) is 0.735. The van der Waals surface area contributed by atoms with Crippen LogP contribution in [0.4, 0.5) is 0 Å². The fraction of sp³-hybridized carbons (Fsp3) is 0.846. The van der Waals surface area contributed by atoms with Crippen LogP contribution in [-0.2, 0) is 9.59 Å². The molecule has 0 aromatic heterocycles. The highest BCUT2D eigenvalue weighted by Gasteiger charge is 2.25. The molecule has 1 saturated heterocycles. The molecule has 0 aromatic carbocycles. The Morgan fingerprint density at radius 2 is 1.89 bits per heavy atom. The predicted molar refractivity (Wildman–Crippen MR) is 78.4 cm³/mol. The first-order valence-corrected chi connectivity index (χ1v) is 6.83. The molecule has 1 aliphatic rings. The van der Waals surface area contributed by atoms with Gasteiger partial charge in [0.1, 0.15) is 0 Å². The maximum Gasteiger partial charge on any atom is 0.242 e. The van der Waals surface area contributed by atoms with Crippen LogP contribution in [0.3, 0.4) is 0 Å². The maximum absolute atomic E-state index is 12.1. The largest absolute Gasteiger partial charge is 0.342 e. The Labute approximate surface area is 122 Å². The van der Waals surface area contributed by atoms with E-state index in [0.29, 0.717) is 13.1 Å². The third kappa shape index (κ3) is 5.37. The Morgan fingerprint density at radius 3 is 2.37 bits per heavy atom. The monoisotopic (exact) mass is 291 g/mol. The highest BCUT2D eigenvalue weighted by molar-refractivity contribution is 5.86. The van der Waals surface area contributed by atoms with Gasteiger partial charge in [0.05, 0.1) is 12.5 Å². The van der Waals surface area contributed by atoms with E-state index >= 15 is 0 Å². The van der Waals surface area contributed by atoms with Gasteiger partial charge >= 0.3 is 0 Å². The minimum Gasteiger partial charge on any atom is -0.342 e. The molecule has 1 rings (SSSR count). The third-order valence-electron chi connectivity index (χ3n) is 3.51. The summed E-state index contributed by atoms with van der Waals surface area (Å²) < 4.78 is 0. The Morgan fingerprint density at radius 1 is 1.26 bits per heavy atom. The van der Waals surface area contributed by atoms with Gasteiger partial charge in [-0.3, -0.25) is 9.59 Å².